The third kappa shape index (κ3) is 11.5. The molecule has 0 bridgehead atoms. The van der Waals surface area contributed by atoms with Gasteiger partial charge in [-0.25, -0.2) is 0 Å². The first-order valence-corrected chi connectivity index (χ1v) is 10.2. The minimum absolute atomic E-state index is 0.655. The molecule has 0 aliphatic carbocycles. The van der Waals surface area contributed by atoms with Crippen LogP contribution in [0.3, 0.4) is 0 Å². The van der Waals surface area contributed by atoms with Gasteiger partial charge in [-0.2, -0.15) is 0 Å². The Morgan fingerprint density at radius 3 is 1.79 bits per heavy atom. The molecular formula is C23H38O. The van der Waals surface area contributed by atoms with E-state index in [1.807, 2.05) is 18.2 Å². The van der Waals surface area contributed by atoms with Crippen molar-refractivity contribution in [1.82, 2.24) is 0 Å². The highest BCUT2D eigenvalue weighted by molar-refractivity contribution is 5.63. The highest BCUT2D eigenvalue weighted by atomic mass is 16.5. The third-order valence-electron chi connectivity index (χ3n) is 4.60. The molecule has 0 unspecified atom stereocenters. The van der Waals surface area contributed by atoms with Crippen molar-refractivity contribution in [1.29, 1.82) is 0 Å². The van der Waals surface area contributed by atoms with Crippen molar-refractivity contribution in [2.24, 2.45) is 0 Å². The third-order valence-corrected chi connectivity index (χ3v) is 4.60. The van der Waals surface area contributed by atoms with E-state index in [4.69, 9.17) is 4.74 Å². The Bertz CT molecular complexity index is 396. The summed E-state index contributed by atoms with van der Waals surface area (Å²) in [7, 11) is 0. The summed E-state index contributed by atoms with van der Waals surface area (Å²) in [6.07, 6.45) is 16.6. The Balaban J connectivity index is 1.80. The maximum Gasteiger partial charge on any atom is 0.0716 e. The van der Waals surface area contributed by atoms with Crippen LogP contribution in [0, 0.1) is 0 Å². The van der Waals surface area contributed by atoms with Gasteiger partial charge in [0.25, 0.3) is 0 Å². The quantitative estimate of drug-likeness (QED) is 0.287. The van der Waals surface area contributed by atoms with Gasteiger partial charge in [-0.05, 0) is 17.6 Å². The van der Waals surface area contributed by atoms with Crippen molar-refractivity contribution in [3.8, 4) is 0 Å². The number of benzene rings is 1. The molecule has 1 aromatic rings. The van der Waals surface area contributed by atoms with Crippen molar-refractivity contribution in [3.63, 3.8) is 0 Å². The Morgan fingerprint density at radius 1 is 0.750 bits per heavy atom. The predicted octanol–water partition coefficient (Wildman–Crippen LogP) is 7.42. The second-order valence-corrected chi connectivity index (χ2v) is 6.91. The molecule has 0 radical (unpaired) electrons. The SMILES string of the molecule is C=C(COCCCCCCCCCCCCCC)c1ccccc1. The molecule has 0 saturated heterocycles. The summed E-state index contributed by atoms with van der Waals surface area (Å²) in [6.45, 7) is 7.90. The molecule has 1 heteroatoms. The zero-order valence-corrected chi connectivity index (χ0v) is 15.9. The fourth-order valence-corrected chi connectivity index (χ4v) is 3.00. The monoisotopic (exact) mass is 330 g/mol. The average molecular weight is 331 g/mol. The lowest BCUT2D eigenvalue weighted by Gasteiger charge is -2.07. The van der Waals surface area contributed by atoms with Crippen LogP contribution in [0.4, 0.5) is 0 Å². The summed E-state index contributed by atoms with van der Waals surface area (Å²) in [4.78, 5) is 0. The molecule has 136 valence electrons. The molecule has 1 nitrogen and oxygen atoms in total. The minimum Gasteiger partial charge on any atom is -0.377 e. The largest absolute Gasteiger partial charge is 0.377 e. The van der Waals surface area contributed by atoms with Gasteiger partial charge < -0.3 is 4.74 Å². The van der Waals surface area contributed by atoms with Crippen LogP contribution in [0.5, 0.6) is 0 Å². The lowest BCUT2D eigenvalue weighted by Crippen LogP contribution is -1.99. The van der Waals surface area contributed by atoms with Crippen LogP contribution in [0.15, 0.2) is 36.9 Å². The van der Waals surface area contributed by atoms with Crippen molar-refractivity contribution >= 4 is 5.57 Å². The topological polar surface area (TPSA) is 9.23 Å². The number of hydrogen-bond donors (Lipinski definition) is 0. The van der Waals surface area contributed by atoms with Crippen LogP contribution in [-0.4, -0.2) is 13.2 Å². The molecule has 0 aromatic heterocycles. The van der Waals surface area contributed by atoms with Gasteiger partial charge in [0.1, 0.15) is 0 Å². The smallest absolute Gasteiger partial charge is 0.0716 e. The summed E-state index contributed by atoms with van der Waals surface area (Å²) in [5, 5.41) is 0. The molecule has 0 heterocycles. The van der Waals surface area contributed by atoms with Crippen LogP contribution in [0.25, 0.3) is 5.57 Å². The van der Waals surface area contributed by atoms with Gasteiger partial charge in [0.05, 0.1) is 6.61 Å². The normalized spacial score (nSPS) is 10.9. The average Bonchev–Trinajstić information content (AvgIpc) is 2.62. The molecule has 0 atom stereocenters. The first kappa shape index (κ1) is 21.0. The standard InChI is InChI=1S/C23H38O/c1-3-4-5-6-7-8-9-10-11-12-13-17-20-24-21-22(2)23-18-15-14-16-19-23/h14-16,18-19H,2-13,17,20-21H2,1H3. The fraction of sp³-hybridized carbons (Fsp3) is 0.652. The molecule has 0 saturated carbocycles. The molecule has 0 aliphatic rings. The van der Waals surface area contributed by atoms with Crippen LogP contribution in [0.2, 0.25) is 0 Å². The summed E-state index contributed by atoms with van der Waals surface area (Å²) < 4.78 is 5.74. The van der Waals surface area contributed by atoms with Crippen molar-refractivity contribution in [3.05, 3.63) is 42.5 Å². The van der Waals surface area contributed by atoms with Crippen LogP contribution < -0.4 is 0 Å². The number of hydrogen-bond acceptors (Lipinski definition) is 1. The molecule has 0 aliphatic heterocycles. The van der Waals surface area contributed by atoms with Gasteiger partial charge in [0.15, 0.2) is 0 Å². The molecule has 0 N–H and O–H groups in total. The number of rotatable bonds is 16. The fourth-order valence-electron chi connectivity index (χ4n) is 3.00. The van der Waals surface area contributed by atoms with Crippen LogP contribution in [-0.2, 0) is 4.74 Å². The molecule has 24 heavy (non-hydrogen) atoms. The first-order valence-electron chi connectivity index (χ1n) is 10.2. The Labute approximate surface area is 150 Å². The van der Waals surface area contributed by atoms with Gasteiger partial charge >= 0.3 is 0 Å². The Kier molecular flexibility index (Phi) is 13.5. The molecule has 1 aromatic carbocycles. The van der Waals surface area contributed by atoms with E-state index in [-0.39, 0.29) is 0 Å². The Hall–Kier alpha value is -1.08. The summed E-state index contributed by atoms with van der Waals surface area (Å²) in [5.41, 5.74) is 2.27. The predicted molar refractivity (Wildman–Crippen MR) is 107 cm³/mol. The highest BCUT2D eigenvalue weighted by Gasteiger charge is 1.98. The van der Waals surface area contributed by atoms with Crippen molar-refractivity contribution < 1.29 is 4.74 Å². The number of ether oxygens (including phenoxy) is 1. The van der Waals surface area contributed by atoms with E-state index < -0.39 is 0 Å². The Morgan fingerprint density at radius 2 is 1.25 bits per heavy atom. The summed E-state index contributed by atoms with van der Waals surface area (Å²) in [6, 6.07) is 10.3. The second kappa shape index (κ2) is 15.4. The van der Waals surface area contributed by atoms with Gasteiger partial charge in [-0.1, -0.05) is 114 Å². The first-order chi connectivity index (χ1) is 11.8. The lowest BCUT2D eigenvalue weighted by atomic mass is 10.1. The van der Waals surface area contributed by atoms with E-state index >= 15 is 0 Å². The van der Waals surface area contributed by atoms with Crippen molar-refractivity contribution in [2.45, 2.75) is 84.0 Å². The molecule has 0 spiro atoms. The van der Waals surface area contributed by atoms with Crippen molar-refractivity contribution in [2.75, 3.05) is 13.2 Å². The maximum absolute atomic E-state index is 5.74. The van der Waals surface area contributed by atoms with Gasteiger partial charge in [0, 0.05) is 6.61 Å². The van der Waals surface area contributed by atoms with Crippen LogP contribution in [0.1, 0.15) is 89.5 Å². The van der Waals surface area contributed by atoms with E-state index in [0.717, 1.165) is 12.2 Å². The summed E-state index contributed by atoms with van der Waals surface area (Å²) in [5.74, 6) is 0. The van der Waals surface area contributed by atoms with E-state index in [0.29, 0.717) is 6.61 Å². The lowest BCUT2D eigenvalue weighted by molar-refractivity contribution is 0.162. The van der Waals surface area contributed by atoms with E-state index in [9.17, 15) is 0 Å². The van der Waals surface area contributed by atoms with Gasteiger partial charge in [-0.15, -0.1) is 0 Å². The maximum atomic E-state index is 5.74. The van der Waals surface area contributed by atoms with Gasteiger partial charge in [0.2, 0.25) is 0 Å². The van der Waals surface area contributed by atoms with E-state index in [2.05, 4.69) is 25.6 Å². The molecule has 0 fully saturated rings. The minimum atomic E-state index is 0.655. The highest BCUT2D eigenvalue weighted by Crippen LogP contribution is 2.13. The van der Waals surface area contributed by atoms with E-state index in [1.54, 1.807) is 0 Å². The van der Waals surface area contributed by atoms with E-state index in [1.165, 1.54) is 82.6 Å². The molecular weight excluding hydrogens is 292 g/mol. The number of unbranched alkanes of at least 4 members (excludes halogenated alkanes) is 11. The second-order valence-electron chi connectivity index (χ2n) is 6.91. The summed E-state index contributed by atoms with van der Waals surface area (Å²) >= 11 is 0. The molecule has 1 rings (SSSR count). The zero-order valence-electron chi connectivity index (χ0n) is 15.9. The zero-order chi connectivity index (χ0) is 17.3. The molecule has 0 amide bonds. The van der Waals surface area contributed by atoms with Gasteiger partial charge in [-0.3, -0.25) is 0 Å². The van der Waals surface area contributed by atoms with Crippen LogP contribution >= 0.6 is 0 Å².